The summed E-state index contributed by atoms with van der Waals surface area (Å²) in [5.74, 6) is 0. The molecule has 0 saturated carbocycles. The standard InChI is InChI=1S/C3H7.2CH4.CH3.Y.Zn/c1-3-2;;;;;/h3H,1-2H3;2*1H4;1H3;;/q-1;;;-1;;. The first-order valence-electron chi connectivity index (χ1n) is 1.15. The third kappa shape index (κ3) is 117. The number of rotatable bonds is 0. The van der Waals surface area contributed by atoms with Gasteiger partial charge in [-0.25, -0.2) is 0 Å². The van der Waals surface area contributed by atoms with Crippen LogP contribution in [0.25, 0.3) is 0 Å². The van der Waals surface area contributed by atoms with E-state index >= 15 is 0 Å². The van der Waals surface area contributed by atoms with Gasteiger partial charge in [0.15, 0.2) is 0 Å². The second-order valence-corrected chi connectivity index (χ2v) is 0.577. The molecule has 0 heterocycles. The first kappa shape index (κ1) is 53.3. The quantitative estimate of drug-likeness (QED) is 0.454. The van der Waals surface area contributed by atoms with Crippen molar-refractivity contribution in [1.82, 2.24) is 0 Å². The van der Waals surface area contributed by atoms with Crippen molar-refractivity contribution in [2.45, 2.75) is 28.7 Å². The molecule has 0 aliphatic rings. The molecule has 0 nitrogen and oxygen atoms in total. The molecule has 0 rings (SSSR count). The van der Waals surface area contributed by atoms with Crippen LogP contribution >= 0.6 is 0 Å². The zero-order valence-electron chi connectivity index (χ0n) is 4.86. The summed E-state index contributed by atoms with van der Waals surface area (Å²) in [5.41, 5.74) is 0. The van der Waals surface area contributed by atoms with Gasteiger partial charge in [0.1, 0.15) is 0 Å². The van der Waals surface area contributed by atoms with Crippen molar-refractivity contribution in [2.75, 3.05) is 0 Å². The molecule has 0 fully saturated rings. The van der Waals surface area contributed by atoms with Crippen LogP contribution in [0.4, 0.5) is 0 Å². The second-order valence-electron chi connectivity index (χ2n) is 0.577. The Kier molecular flexibility index (Phi) is 467. The van der Waals surface area contributed by atoms with Gasteiger partial charge in [-0.05, 0) is 0 Å². The molecule has 0 amide bonds. The first-order valence-corrected chi connectivity index (χ1v) is 1.15. The van der Waals surface area contributed by atoms with E-state index in [0.29, 0.717) is 0 Å². The predicted octanol–water partition coefficient (Wildman–Crippen LogP) is 2.95. The van der Waals surface area contributed by atoms with Gasteiger partial charge < -0.3 is 13.8 Å². The molecule has 8 heavy (non-hydrogen) atoms. The summed E-state index contributed by atoms with van der Waals surface area (Å²) >= 11 is 0. The third-order valence-corrected chi connectivity index (χ3v) is 0. The number of hydrogen-bond acceptors (Lipinski definition) is 0. The van der Waals surface area contributed by atoms with Crippen LogP contribution in [0.1, 0.15) is 28.7 Å². The molecule has 0 unspecified atom stereocenters. The van der Waals surface area contributed by atoms with Crippen LogP contribution in [-0.2, 0) is 52.2 Å². The minimum absolute atomic E-state index is 0. The van der Waals surface area contributed by atoms with E-state index in [2.05, 4.69) is 0 Å². The SMILES string of the molecule is C.C.C[CH-]C.[CH3-].[Y].[Zn]. The summed E-state index contributed by atoms with van der Waals surface area (Å²) in [7, 11) is 0. The molecule has 0 aromatic heterocycles. The Bertz CT molecular complexity index is 8.49. The molecule has 0 saturated heterocycles. The molecule has 0 atom stereocenters. The molecule has 1 radical (unpaired) electrons. The van der Waals surface area contributed by atoms with Crippen molar-refractivity contribution in [3.05, 3.63) is 13.8 Å². The van der Waals surface area contributed by atoms with Gasteiger partial charge in [0.05, 0.1) is 0 Å². The first-order chi connectivity index (χ1) is 1.41. The average molecular weight is 245 g/mol. The van der Waals surface area contributed by atoms with Crippen molar-refractivity contribution in [2.24, 2.45) is 0 Å². The van der Waals surface area contributed by atoms with Crippen molar-refractivity contribution in [3.8, 4) is 0 Å². The molecule has 0 N–H and O–H groups in total. The Morgan fingerprint density at radius 1 is 1.00 bits per heavy atom. The molecular formula is C6H18YZn-2. The van der Waals surface area contributed by atoms with Gasteiger partial charge in [-0.1, -0.05) is 14.9 Å². The molecule has 0 spiro atoms. The molecule has 2 heteroatoms. The van der Waals surface area contributed by atoms with Crippen molar-refractivity contribution in [3.63, 3.8) is 0 Å². The van der Waals surface area contributed by atoms with E-state index in [1.807, 2.05) is 20.3 Å². The molecule has 0 aromatic carbocycles. The fraction of sp³-hybridized carbons (Fsp3) is 0.667. The topological polar surface area (TPSA) is 0 Å². The summed E-state index contributed by atoms with van der Waals surface area (Å²) < 4.78 is 0. The average Bonchev–Trinajstić information content (AvgIpc) is 0.918. The molecule has 49 valence electrons. The summed E-state index contributed by atoms with van der Waals surface area (Å²) in [5, 5.41) is 0. The summed E-state index contributed by atoms with van der Waals surface area (Å²) in [6, 6.07) is 0. The third-order valence-electron chi connectivity index (χ3n) is 0. The van der Waals surface area contributed by atoms with Crippen LogP contribution in [0.3, 0.4) is 0 Å². The van der Waals surface area contributed by atoms with Crippen LogP contribution in [0, 0.1) is 13.8 Å². The zero-order chi connectivity index (χ0) is 2.71. The Morgan fingerprint density at radius 2 is 1.00 bits per heavy atom. The van der Waals surface area contributed by atoms with Gasteiger partial charge in [-0.3, -0.25) is 0 Å². The van der Waals surface area contributed by atoms with E-state index in [9.17, 15) is 0 Å². The largest absolute Gasteiger partial charge is 0.358 e. The Labute approximate surface area is 93.8 Å². The maximum atomic E-state index is 2.00. The van der Waals surface area contributed by atoms with E-state index in [0.717, 1.165) is 0 Å². The van der Waals surface area contributed by atoms with Gasteiger partial charge in [0.25, 0.3) is 0 Å². The van der Waals surface area contributed by atoms with Gasteiger partial charge >= 0.3 is 0 Å². The Hall–Kier alpha value is 1.73. The maximum absolute atomic E-state index is 2.00. The van der Waals surface area contributed by atoms with Gasteiger partial charge in [-0.2, -0.15) is 13.8 Å². The fourth-order valence-electron chi connectivity index (χ4n) is 0. The molecule has 0 bridgehead atoms. The normalized spacial score (nSPS) is 2.25. The van der Waals surface area contributed by atoms with E-state index in [1.165, 1.54) is 0 Å². The summed E-state index contributed by atoms with van der Waals surface area (Å²) in [4.78, 5) is 0. The minimum Gasteiger partial charge on any atom is -0.358 e. The van der Waals surface area contributed by atoms with Crippen molar-refractivity contribution >= 4 is 0 Å². The van der Waals surface area contributed by atoms with Gasteiger partial charge in [-0.15, -0.1) is 0 Å². The fourth-order valence-corrected chi connectivity index (χ4v) is 0. The minimum atomic E-state index is 0. The van der Waals surface area contributed by atoms with Crippen molar-refractivity contribution in [1.29, 1.82) is 0 Å². The Balaban J connectivity index is -0.00000000200. The van der Waals surface area contributed by atoms with E-state index in [-0.39, 0.29) is 74.5 Å². The zero-order valence-corrected chi connectivity index (χ0v) is 10.7. The molecule has 0 aliphatic carbocycles. The van der Waals surface area contributed by atoms with Crippen LogP contribution in [0.2, 0.25) is 0 Å². The molecule has 0 aromatic rings. The predicted molar refractivity (Wildman–Crippen MR) is 35.5 cm³/mol. The van der Waals surface area contributed by atoms with E-state index in [4.69, 9.17) is 0 Å². The second kappa shape index (κ2) is 70.1. The van der Waals surface area contributed by atoms with Crippen molar-refractivity contribution < 1.29 is 52.2 Å². The van der Waals surface area contributed by atoms with Gasteiger partial charge in [0, 0.05) is 52.2 Å². The summed E-state index contributed by atoms with van der Waals surface area (Å²) in [6.45, 7) is 4.00. The summed E-state index contributed by atoms with van der Waals surface area (Å²) in [6.07, 6.45) is 2.00. The van der Waals surface area contributed by atoms with E-state index < -0.39 is 0 Å². The monoisotopic (exact) mass is 243 g/mol. The maximum Gasteiger partial charge on any atom is 0 e. The van der Waals surface area contributed by atoms with E-state index in [1.54, 1.807) is 0 Å². The van der Waals surface area contributed by atoms with Crippen LogP contribution < -0.4 is 0 Å². The number of hydrogen-bond donors (Lipinski definition) is 0. The van der Waals surface area contributed by atoms with Crippen LogP contribution in [0.15, 0.2) is 0 Å². The molecular weight excluding hydrogens is 226 g/mol. The Morgan fingerprint density at radius 3 is 1.00 bits per heavy atom. The van der Waals surface area contributed by atoms with Crippen LogP contribution in [-0.4, -0.2) is 0 Å². The van der Waals surface area contributed by atoms with Crippen LogP contribution in [0.5, 0.6) is 0 Å². The van der Waals surface area contributed by atoms with Gasteiger partial charge in [0.2, 0.25) is 0 Å². The smallest absolute Gasteiger partial charge is 0 e. The molecule has 0 aliphatic heterocycles.